The third-order valence-electron chi connectivity index (χ3n) is 2.96. The molecule has 4 nitrogen and oxygen atoms in total. The third kappa shape index (κ3) is 3.44. The Morgan fingerprint density at radius 3 is 2.58 bits per heavy atom. The van der Waals surface area contributed by atoms with Gasteiger partial charge in [-0.1, -0.05) is 37.3 Å². The van der Waals surface area contributed by atoms with Crippen molar-refractivity contribution in [2.45, 2.75) is 26.3 Å². The molecular formula is C15H19N3O. The molecule has 1 aromatic heterocycles. The average molecular weight is 257 g/mol. The SMILES string of the molecule is CCC(Nc1cc(OC)nc(C)n1)c1ccccc1. The molecule has 0 aliphatic carbocycles. The van der Waals surface area contributed by atoms with E-state index >= 15 is 0 Å². The Bertz CT molecular complexity index is 528. The van der Waals surface area contributed by atoms with E-state index < -0.39 is 0 Å². The summed E-state index contributed by atoms with van der Waals surface area (Å²) in [4.78, 5) is 8.58. The van der Waals surface area contributed by atoms with Gasteiger partial charge < -0.3 is 10.1 Å². The zero-order valence-electron chi connectivity index (χ0n) is 11.6. The minimum atomic E-state index is 0.236. The minimum absolute atomic E-state index is 0.236. The predicted molar refractivity (Wildman–Crippen MR) is 76.4 cm³/mol. The van der Waals surface area contributed by atoms with E-state index in [0.29, 0.717) is 11.7 Å². The Balaban J connectivity index is 2.21. The molecule has 0 aliphatic rings. The first-order valence-electron chi connectivity index (χ1n) is 6.44. The largest absolute Gasteiger partial charge is 0.481 e. The van der Waals surface area contributed by atoms with Crippen molar-refractivity contribution < 1.29 is 4.74 Å². The van der Waals surface area contributed by atoms with Crippen LogP contribution in [0.4, 0.5) is 5.82 Å². The lowest BCUT2D eigenvalue weighted by atomic mass is 10.0. The van der Waals surface area contributed by atoms with Gasteiger partial charge in [-0.2, -0.15) is 4.98 Å². The van der Waals surface area contributed by atoms with E-state index in [2.05, 4.69) is 34.3 Å². The van der Waals surface area contributed by atoms with Crippen LogP contribution in [-0.2, 0) is 0 Å². The van der Waals surface area contributed by atoms with Crippen LogP contribution in [0.2, 0.25) is 0 Å². The van der Waals surface area contributed by atoms with E-state index in [-0.39, 0.29) is 6.04 Å². The Hall–Kier alpha value is -2.10. The molecule has 0 radical (unpaired) electrons. The van der Waals surface area contributed by atoms with Gasteiger partial charge in [-0.25, -0.2) is 4.98 Å². The van der Waals surface area contributed by atoms with Gasteiger partial charge >= 0.3 is 0 Å². The number of benzene rings is 1. The first kappa shape index (κ1) is 13.3. The summed E-state index contributed by atoms with van der Waals surface area (Å²) in [6, 6.07) is 12.4. The fourth-order valence-electron chi connectivity index (χ4n) is 2.00. The summed E-state index contributed by atoms with van der Waals surface area (Å²) >= 11 is 0. The molecule has 0 amide bonds. The first-order valence-corrected chi connectivity index (χ1v) is 6.44. The predicted octanol–water partition coefficient (Wildman–Crippen LogP) is 3.36. The van der Waals surface area contributed by atoms with Crippen molar-refractivity contribution >= 4 is 5.82 Å². The fraction of sp³-hybridized carbons (Fsp3) is 0.333. The second-order valence-electron chi connectivity index (χ2n) is 4.36. The molecule has 0 fully saturated rings. The van der Waals surface area contributed by atoms with Crippen LogP contribution in [0.1, 0.15) is 30.8 Å². The summed E-state index contributed by atoms with van der Waals surface area (Å²) in [5, 5.41) is 3.43. The number of nitrogens with zero attached hydrogens (tertiary/aromatic N) is 2. The molecule has 2 aromatic rings. The fourth-order valence-corrected chi connectivity index (χ4v) is 2.00. The number of methoxy groups -OCH3 is 1. The minimum Gasteiger partial charge on any atom is -0.481 e. The van der Waals surface area contributed by atoms with Gasteiger partial charge in [0.2, 0.25) is 5.88 Å². The molecule has 0 aliphatic heterocycles. The van der Waals surface area contributed by atoms with Crippen molar-refractivity contribution in [3.63, 3.8) is 0 Å². The van der Waals surface area contributed by atoms with Crippen LogP contribution in [0.15, 0.2) is 36.4 Å². The van der Waals surface area contributed by atoms with Crippen LogP contribution in [0.3, 0.4) is 0 Å². The van der Waals surface area contributed by atoms with Gasteiger partial charge in [-0.05, 0) is 18.9 Å². The lowest BCUT2D eigenvalue weighted by Gasteiger charge is -2.18. The Kier molecular flexibility index (Phi) is 4.34. The molecule has 100 valence electrons. The topological polar surface area (TPSA) is 47.0 Å². The second-order valence-corrected chi connectivity index (χ2v) is 4.36. The van der Waals surface area contributed by atoms with Gasteiger partial charge in [-0.15, -0.1) is 0 Å². The highest BCUT2D eigenvalue weighted by molar-refractivity contribution is 5.41. The monoisotopic (exact) mass is 257 g/mol. The summed E-state index contributed by atoms with van der Waals surface area (Å²) in [5.41, 5.74) is 1.25. The number of nitrogens with one attached hydrogen (secondary N) is 1. The quantitative estimate of drug-likeness (QED) is 0.892. The van der Waals surface area contributed by atoms with E-state index in [4.69, 9.17) is 4.74 Å². The molecule has 1 heterocycles. The molecule has 1 aromatic carbocycles. The van der Waals surface area contributed by atoms with Crippen LogP contribution in [0, 0.1) is 6.92 Å². The highest BCUT2D eigenvalue weighted by atomic mass is 16.5. The zero-order valence-corrected chi connectivity index (χ0v) is 11.6. The summed E-state index contributed by atoms with van der Waals surface area (Å²) in [6.45, 7) is 4.01. The molecule has 0 spiro atoms. The number of hydrogen-bond acceptors (Lipinski definition) is 4. The lowest BCUT2D eigenvalue weighted by molar-refractivity contribution is 0.396. The van der Waals surface area contributed by atoms with Gasteiger partial charge in [0.15, 0.2) is 0 Å². The summed E-state index contributed by atoms with van der Waals surface area (Å²) in [6.07, 6.45) is 0.982. The average Bonchev–Trinajstić information content (AvgIpc) is 2.45. The van der Waals surface area contributed by atoms with Crippen molar-refractivity contribution in [2.75, 3.05) is 12.4 Å². The van der Waals surface area contributed by atoms with Crippen molar-refractivity contribution in [1.82, 2.24) is 9.97 Å². The molecule has 19 heavy (non-hydrogen) atoms. The molecule has 2 rings (SSSR count). The highest BCUT2D eigenvalue weighted by Crippen LogP contribution is 2.22. The Labute approximate surface area is 113 Å². The van der Waals surface area contributed by atoms with Crippen LogP contribution < -0.4 is 10.1 Å². The zero-order chi connectivity index (χ0) is 13.7. The van der Waals surface area contributed by atoms with Crippen molar-refractivity contribution in [2.24, 2.45) is 0 Å². The molecule has 1 N–H and O–H groups in total. The van der Waals surface area contributed by atoms with E-state index in [0.717, 1.165) is 12.2 Å². The highest BCUT2D eigenvalue weighted by Gasteiger charge is 2.10. The maximum atomic E-state index is 5.17. The number of hydrogen-bond donors (Lipinski definition) is 1. The van der Waals surface area contributed by atoms with Crippen LogP contribution in [-0.4, -0.2) is 17.1 Å². The maximum Gasteiger partial charge on any atom is 0.218 e. The Morgan fingerprint density at radius 1 is 1.21 bits per heavy atom. The van der Waals surface area contributed by atoms with Crippen molar-refractivity contribution in [1.29, 1.82) is 0 Å². The smallest absolute Gasteiger partial charge is 0.218 e. The number of ether oxygens (including phenoxy) is 1. The molecule has 1 atom stereocenters. The normalized spacial score (nSPS) is 11.9. The molecule has 0 saturated carbocycles. The van der Waals surface area contributed by atoms with Gasteiger partial charge in [0, 0.05) is 6.07 Å². The molecule has 0 bridgehead atoms. The van der Waals surface area contributed by atoms with Crippen LogP contribution in [0.5, 0.6) is 5.88 Å². The van der Waals surface area contributed by atoms with Crippen molar-refractivity contribution in [3.05, 3.63) is 47.8 Å². The number of anilines is 1. The van der Waals surface area contributed by atoms with Crippen LogP contribution >= 0.6 is 0 Å². The van der Waals surface area contributed by atoms with E-state index in [9.17, 15) is 0 Å². The Morgan fingerprint density at radius 2 is 1.95 bits per heavy atom. The standard InChI is InChI=1S/C15H19N3O/c1-4-13(12-8-6-5-7-9-12)18-14-10-15(19-3)17-11(2)16-14/h5-10,13H,4H2,1-3H3,(H,16,17,18). The number of rotatable bonds is 5. The summed E-state index contributed by atoms with van der Waals surface area (Å²) < 4.78 is 5.17. The molecule has 1 unspecified atom stereocenters. The van der Waals surface area contributed by atoms with Crippen LogP contribution in [0.25, 0.3) is 0 Å². The number of aryl methyl sites for hydroxylation is 1. The summed E-state index contributed by atoms with van der Waals surface area (Å²) in [5.74, 6) is 2.07. The number of aromatic nitrogens is 2. The second kappa shape index (κ2) is 6.18. The van der Waals surface area contributed by atoms with E-state index in [1.807, 2.05) is 31.2 Å². The third-order valence-corrected chi connectivity index (χ3v) is 2.96. The molecule has 4 heteroatoms. The maximum absolute atomic E-state index is 5.17. The van der Waals surface area contributed by atoms with Gasteiger partial charge in [0.25, 0.3) is 0 Å². The summed E-state index contributed by atoms with van der Waals surface area (Å²) in [7, 11) is 1.61. The van der Waals surface area contributed by atoms with E-state index in [1.165, 1.54) is 5.56 Å². The van der Waals surface area contributed by atoms with Crippen molar-refractivity contribution in [3.8, 4) is 5.88 Å². The lowest BCUT2D eigenvalue weighted by Crippen LogP contribution is -2.11. The first-order chi connectivity index (χ1) is 9.22. The molecular weight excluding hydrogens is 238 g/mol. The van der Waals surface area contributed by atoms with Gasteiger partial charge in [0.05, 0.1) is 13.2 Å². The van der Waals surface area contributed by atoms with Gasteiger partial charge in [0.1, 0.15) is 11.6 Å². The van der Waals surface area contributed by atoms with E-state index in [1.54, 1.807) is 7.11 Å². The van der Waals surface area contributed by atoms with Gasteiger partial charge in [-0.3, -0.25) is 0 Å². The molecule has 0 saturated heterocycles.